The third-order valence-corrected chi connectivity index (χ3v) is 8.23. The van der Waals surface area contributed by atoms with Crippen molar-refractivity contribution in [2.24, 2.45) is 0 Å². The van der Waals surface area contributed by atoms with Gasteiger partial charge in [0.15, 0.2) is 0 Å². The van der Waals surface area contributed by atoms with Crippen molar-refractivity contribution >= 4 is 43.5 Å². The molecule has 1 saturated carbocycles. The summed E-state index contributed by atoms with van der Waals surface area (Å²) in [7, 11) is -2.21. The molecule has 0 radical (unpaired) electrons. The van der Waals surface area contributed by atoms with E-state index < -0.39 is 28.5 Å². The Bertz CT molecular complexity index is 1180. The molecule has 1 aliphatic rings. The molecule has 0 heterocycles. The fourth-order valence-corrected chi connectivity index (χ4v) is 5.90. The zero-order chi connectivity index (χ0) is 27.0. The maximum absolute atomic E-state index is 13.8. The van der Waals surface area contributed by atoms with Crippen molar-refractivity contribution in [3.05, 3.63) is 58.6 Å². The van der Waals surface area contributed by atoms with E-state index in [1.807, 2.05) is 25.1 Å². The zero-order valence-electron chi connectivity index (χ0n) is 21.7. The smallest absolute Gasteiger partial charge is 0.244 e. The molecule has 2 aromatic carbocycles. The van der Waals surface area contributed by atoms with Gasteiger partial charge in [0.05, 0.1) is 19.1 Å². The van der Waals surface area contributed by atoms with Gasteiger partial charge in [-0.15, -0.1) is 0 Å². The summed E-state index contributed by atoms with van der Waals surface area (Å²) in [6.45, 7) is 1.58. The van der Waals surface area contributed by atoms with Crippen molar-refractivity contribution in [2.45, 2.75) is 64.1 Å². The predicted octanol–water partition coefficient (Wildman–Crippen LogP) is 4.48. The summed E-state index contributed by atoms with van der Waals surface area (Å²) < 4.78 is 32.5. The molecule has 1 atom stereocenters. The first-order valence-corrected chi connectivity index (χ1v) is 15.2. The number of halogens is 1. The molecule has 10 heteroatoms. The summed E-state index contributed by atoms with van der Waals surface area (Å²) >= 11 is 3.37. The number of carbonyl (C=O) groups is 2. The number of hydrogen-bond donors (Lipinski definition) is 1. The Hall–Kier alpha value is -2.59. The fraction of sp³-hybridized carbons (Fsp3) is 0.481. The first-order chi connectivity index (χ1) is 17.6. The summed E-state index contributed by atoms with van der Waals surface area (Å²) in [5, 5.41) is 3.14. The van der Waals surface area contributed by atoms with Crippen molar-refractivity contribution in [3.63, 3.8) is 0 Å². The average molecular weight is 595 g/mol. The molecule has 1 fully saturated rings. The van der Waals surface area contributed by atoms with Crippen LogP contribution in [0.15, 0.2) is 53.0 Å². The van der Waals surface area contributed by atoms with Gasteiger partial charge in [-0.05, 0) is 55.2 Å². The summed E-state index contributed by atoms with van der Waals surface area (Å²) in [5.74, 6) is -0.0330. The second kappa shape index (κ2) is 13.3. The molecule has 202 valence electrons. The van der Waals surface area contributed by atoms with E-state index in [0.29, 0.717) is 22.3 Å². The first-order valence-electron chi connectivity index (χ1n) is 12.6. The topological polar surface area (TPSA) is 96.0 Å². The van der Waals surface area contributed by atoms with Gasteiger partial charge in [0.25, 0.3) is 0 Å². The van der Waals surface area contributed by atoms with Crippen LogP contribution >= 0.6 is 15.9 Å². The van der Waals surface area contributed by atoms with Crippen LogP contribution in [0.1, 0.15) is 51.0 Å². The number of benzene rings is 2. The highest BCUT2D eigenvalue weighted by Crippen LogP contribution is 2.24. The van der Waals surface area contributed by atoms with Crippen LogP contribution in [0.2, 0.25) is 0 Å². The van der Waals surface area contributed by atoms with Crippen molar-refractivity contribution < 1.29 is 22.7 Å². The quantitative estimate of drug-likeness (QED) is 0.414. The molecule has 0 spiro atoms. The number of sulfonamides is 1. The van der Waals surface area contributed by atoms with Crippen LogP contribution in [0.25, 0.3) is 0 Å². The van der Waals surface area contributed by atoms with Gasteiger partial charge in [-0.3, -0.25) is 13.9 Å². The van der Waals surface area contributed by atoms with Gasteiger partial charge in [-0.1, -0.05) is 60.3 Å². The van der Waals surface area contributed by atoms with Crippen LogP contribution in [0, 0.1) is 0 Å². The molecule has 2 aromatic rings. The number of rotatable bonds is 11. The monoisotopic (exact) mass is 593 g/mol. The number of nitrogens with zero attached hydrogens (tertiary/aromatic N) is 2. The van der Waals surface area contributed by atoms with Gasteiger partial charge < -0.3 is 15.0 Å². The van der Waals surface area contributed by atoms with Crippen molar-refractivity contribution in [3.8, 4) is 5.75 Å². The maximum Gasteiger partial charge on any atom is 0.244 e. The molecule has 8 nitrogen and oxygen atoms in total. The van der Waals surface area contributed by atoms with Gasteiger partial charge in [-0.2, -0.15) is 0 Å². The van der Waals surface area contributed by atoms with Crippen molar-refractivity contribution in [1.29, 1.82) is 0 Å². The molecule has 3 rings (SSSR count). The molecule has 0 bridgehead atoms. The van der Waals surface area contributed by atoms with Crippen LogP contribution < -0.4 is 14.4 Å². The Kier molecular flexibility index (Phi) is 10.4. The van der Waals surface area contributed by atoms with Gasteiger partial charge in [0.2, 0.25) is 21.8 Å². The minimum absolute atomic E-state index is 0.0956. The molecule has 0 aromatic heterocycles. The van der Waals surface area contributed by atoms with Gasteiger partial charge in [-0.25, -0.2) is 8.42 Å². The lowest BCUT2D eigenvalue weighted by atomic mass is 9.95. The van der Waals surface area contributed by atoms with E-state index >= 15 is 0 Å². The zero-order valence-corrected chi connectivity index (χ0v) is 24.1. The van der Waals surface area contributed by atoms with Crippen LogP contribution in [0.5, 0.6) is 5.75 Å². The van der Waals surface area contributed by atoms with Gasteiger partial charge in [0.1, 0.15) is 18.3 Å². The maximum atomic E-state index is 13.8. The molecule has 1 N–H and O–H groups in total. The van der Waals surface area contributed by atoms with Crippen molar-refractivity contribution in [1.82, 2.24) is 10.2 Å². The Balaban J connectivity index is 1.92. The predicted molar refractivity (Wildman–Crippen MR) is 149 cm³/mol. The molecule has 0 saturated heterocycles. The van der Waals surface area contributed by atoms with E-state index in [4.69, 9.17) is 4.74 Å². The Morgan fingerprint density at radius 3 is 2.43 bits per heavy atom. The van der Waals surface area contributed by atoms with Crippen LogP contribution in [-0.2, 0) is 26.2 Å². The SMILES string of the molecule is CC[C@H](C(=O)NC1CCCCC1)N(Cc1cccc(OC)c1)C(=O)CN(c1cccc(Br)c1)S(C)(=O)=O. The minimum atomic E-state index is -3.78. The van der Waals surface area contributed by atoms with E-state index in [9.17, 15) is 18.0 Å². The number of hydrogen-bond acceptors (Lipinski definition) is 5. The fourth-order valence-electron chi connectivity index (χ4n) is 4.68. The largest absolute Gasteiger partial charge is 0.497 e. The molecule has 0 unspecified atom stereocenters. The van der Waals surface area contributed by atoms with E-state index in [2.05, 4.69) is 21.2 Å². The molecule has 0 aliphatic heterocycles. The second-order valence-electron chi connectivity index (χ2n) is 9.39. The number of nitrogens with one attached hydrogen (secondary N) is 1. The third kappa shape index (κ3) is 8.20. The average Bonchev–Trinajstić information content (AvgIpc) is 2.87. The normalized spacial score (nSPS) is 15.0. The Morgan fingerprint density at radius 2 is 1.81 bits per heavy atom. The number of amides is 2. The van der Waals surface area contributed by atoms with E-state index in [-0.39, 0.29) is 18.5 Å². The number of carbonyl (C=O) groups excluding carboxylic acids is 2. The number of anilines is 1. The van der Waals surface area contributed by atoms with Crippen LogP contribution in [0.4, 0.5) is 5.69 Å². The van der Waals surface area contributed by atoms with E-state index in [1.54, 1.807) is 37.4 Å². The second-order valence-corrected chi connectivity index (χ2v) is 12.2. The Morgan fingerprint density at radius 1 is 1.11 bits per heavy atom. The minimum Gasteiger partial charge on any atom is -0.497 e. The van der Waals surface area contributed by atoms with Crippen LogP contribution in [-0.4, -0.2) is 57.1 Å². The van der Waals surface area contributed by atoms with Crippen molar-refractivity contribution in [2.75, 3.05) is 24.2 Å². The van der Waals surface area contributed by atoms with Gasteiger partial charge >= 0.3 is 0 Å². The molecular weight excluding hydrogens is 558 g/mol. The summed E-state index contributed by atoms with van der Waals surface area (Å²) in [6, 6.07) is 13.4. The lowest BCUT2D eigenvalue weighted by molar-refractivity contribution is -0.140. The lowest BCUT2D eigenvalue weighted by Crippen LogP contribution is -2.53. The van der Waals surface area contributed by atoms with Gasteiger partial charge in [0, 0.05) is 17.1 Å². The molecule has 37 heavy (non-hydrogen) atoms. The van der Waals surface area contributed by atoms with E-state index in [0.717, 1.165) is 41.8 Å². The lowest BCUT2D eigenvalue weighted by Gasteiger charge is -2.34. The standard InChI is InChI=1S/C27H36BrN3O5S/c1-4-25(27(33)29-22-12-6-5-7-13-22)30(18-20-10-8-15-24(16-20)36-2)26(32)19-31(37(3,34)35)23-14-9-11-21(28)17-23/h8-11,14-17,22,25H,4-7,12-13,18-19H2,1-3H3,(H,29,33)/t25-/m1/s1. The third-order valence-electron chi connectivity index (χ3n) is 6.60. The summed E-state index contributed by atoms with van der Waals surface area (Å²) in [6.07, 6.45) is 6.63. The molecule has 1 aliphatic carbocycles. The highest BCUT2D eigenvalue weighted by atomic mass is 79.9. The van der Waals surface area contributed by atoms with Crippen LogP contribution in [0.3, 0.4) is 0 Å². The summed E-state index contributed by atoms with van der Waals surface area (Å²) in [5.41, 5.74) is 1.15. The highest BCUT2D eigenvalue weighted by Gasteiger charge is 2.33. The number of methoxy groups -OCH3 is 1. The number of ether oxygens (including phenoxy) is 1. The summed E-state index contributed by atoms with van der Waals surface area (Å²) in [4.78, 5) is 28.7. The Labute approximate surface area is 228 Å². The molecular formula is C27H36BrN3O5S. The first kappa shape index (κ1) is 29.0. The van der Waals surface area contributed by atoms with E-state index in [1.165, 1.54) is 11.3 Å². The molecule has 2 amide bonds. The highest BCUT2D eigenvalue weighted by molar-refractivity contribution is 9.10.